The van der Waals surface area contributed by atoms with E-state index >= 15 is 0 Å². The van der Waals surface area contributed by atoms with Crippen LogP contribution >= 0.6 is 0 Å². The Morgan fingerprint density at radius 3 is 2.54 bits per heavy atom. The van der Waals surface area contributed by atoms with Crippen molar-refractivity contribution in [3.63, 3.8) is 0 Å². The molecule has 2 N–H and O–H groups in total. The Hall–Kier alpha value is -2.61. The highest BCUT2D eigenvalue weighted by atomic mass is 19.4. The molecule has 1 aromatic carbocycles. The van der Waals surface area contributed by atoms with E-state index in [0.29, 0.717) is 30.6 Å². The van der Waals surface area contributed by atoms with Crippen LogP contribution in [0.4, 0.5) is 13.2 Å². The lowest BCUT2D eigenvalue weighted by atomic mass is 10.1. The van der Waals surface area contributed by atoms with Crippen molar-refractivity contribution in [2.45, 2.75) is 25.1 Å². The van der Waals surface area contributed by atoms with Gasteiger partial charge in [-0.2, -0.15) is 13.2 Å². The number of aromatic nitrogens is 1. The number of hydrogen-bond acceptors (Lipinski definition) is 4. The predicted octanol–water partition coefficient (Wildman–Crippen LogP) is 3.46. The molecule has 1 saturated heterocycles. The van der Waals surface area contributed by atoms with Gasteiger partial charge in [-0.1, -0.05) is 0 Å². The van der Waals surface area contributed by atoms with Crippen molar-refractivity contribution < 1.29 is 22.7 Å². The Bertz CT molecular complexity index is 761. The molecule has 0 bridgehead atoms. The third kappa shape index (κ3) is 3.96. The summed E-state index contributed by atoms with van der Waals surface area (Å²) in [5.74, 6) is 0.336. The van der Waals surface area contributed by atoms with Crippen molar-refractivity contribution in [1.82, 2.24) is 9.88 Å². The molecule has 26 heavy (non-hydrogen) atoms. The van der Waals surface area contributed by atoms with Gasteiger partial charge in [0.1, 0.15) is 5.75 Å². The maximum absolute atomic E-state index is 12.5. The molecule has 0 spiro atoms. The summed E-state index contributed by atoms with van der Waals surface area (Å²) >= 11 is 0. The highest BCUT2D eigenvalue weighted by Gasteiger charge is 2.31. The van der Waals surface area contributed by atoms with Crippen LogP contribution < -0.4 is 10.5 Å². The van der Waals surface area contributed by atoms with E-state index in [1.54, 1.807) is 29.2 Å². The molecule has 1 aliphatic rings. The van der Waals surface area contributed by atoms with Gasteiger partial charge in [0.05, 0.1) is 5.56 Å². The zero-order valence-electron chi connectivity index (χ0n) is 13.9. The van der Waals surface area contributed by atoms with Crippen molar-refractivity contribution in [2.75, 3.05) is 13.1 Å². The van der Waals surface area contributed by atoms with Crippen molar-refractivity contribution in [3.05, 3.63) is 53.7 Å². The first kappa shape index (κ1) is 18.2. The number of hydrogen-bond donors (Lipinski definition) is 1. The maximum atomic E-state index is 12.5. The smallest absolute Gasteiger partial charge is 0.417 e. The normalized spacial score (nSPS) is 17.4. The molecule has 0 saturated carbocycles. The van der Waals surface area contributed by atoms with E-state index in [9.17, 15) is 18.0 Å². The highest BCUT2D eigenvalue weighted by Crippen LogP contribution is 2.30. The van der Waals surface area contributed by atoms with E-state index in [1.165, 1.54) is 0 Å². The van der Waals surface area contributed by atoms with Crippen LogP contribution in [0.5, 0.6) is 11.6 Å². The Morgan fingerprint density at radius 2 is 1.96 bits per heavy atom. The lowest BCUT2D eigenvalue weighted by Gasteiger charge is -2.23. The van der Waals surface area contributed by atoms with E-state index < -0.39 is 11.7 Å². The average molecular weight is 365 g/mol. The number of carbonyl (C=O) groups is 1. The van der Waals surface area contributed by atoms with Crippen LogP contribution in [-0.2, 0) is 6.18 Å². The van der Waals surface area contributed by atoms with Crippen LogP contribution in [0.3, 0.4) is 0 Å². The summed E-state index contributed by atoms with van der Waals surface area (Å²) in [6, 6.07) is 8.52. The fourth-order valence-electron chi connectivity index (χ4n) is 2.91. The van der Waals surface area contributed by atoms with Crippen LogP contribution in [0, 0.1) is 0 Å². The first-order chi connectivity index (χ1) is 12.4. The zero-order valence-corrected chi connectivity index (χ0v) is 13.9. The number of halogens is 3. The van der Waals surface area contributed by atoms with Crippen LogP contribution in [0.25, 0.3) is 0 Å². The maximum Gasteiger partial charge on any atom is 0.417 e. The van der Waals surface area contributed by atoms with E-state index in [2.05, 4.69) is 4.98 Å². The van der Waals surface area contributed by atoms with Gasteiger partial charge in [0, 0.05) is 37.0 Å². The summed E-state index contributed by atoms with van der Waals surface area (Å²) < 4.78 is 43.0. The van der Waals surface area contributed by atoms with Gasteiger partial charge < -0.3 is 15.4 Å². The summed E-state index contributed by atoms with van der Waals surface area (Å²) in [6.45, 7) is 1.13. The average Bonchev–Trinajstić information content (AvgIpc) is 3.10. The Morgan fingerprint density at radius 1 is 1.23 bits per heavy atom. The van der Waals surface area contributed by atoms with Gasteiger partial charge in [-0.25, -0.2) is 4.98 Å². The number of ether oxygens (including phenoxy) is 1. The van der Waals surface area contributed by atoms with Gasteiger partial charge in [0.2, 0.25) is 5.88 Å². The Kier molecular flexibility index (Phi) is 5.13. The van der Waals surface area contributed by atoms with Crippen molar-refractivity contribution >= 4 is 5.91 Å². The largest absolute Gasteiger partial charge is 0.439 e. The molecule has 8 heteroatoms. The monoisotopic (exact) mass is 365 g/mol. The van der Waals surface area contributed by atoms with Crippen LogP contribution in [0.15, 0.2) is 42.6 Å². The fraction of sp³-hybridized carbons (Fsp3) is 0.333. The van der Waals surface area contributed by atoms with Gasteiger partial charge in [0.25, 0.3) is 5.91 Å². The minimum absolute atomic E-state index is 0.0415. The quantitative estimate of drug-likeness (QED) is 0.901. The lowest BCUT2D eigenvalue weighted by molar-refractivity contribution is -0.137. The second-order valence-corrected chi connectivity index (χ2v) is 6.04. The molecule has 1 fully saturated rings. The molecule has 3 rings (SSSR count). The minimum Gasteiger partial charge on any atom is -0.439 e. The molecule has 1 aromatic heterocycles. The van der Waals surface area contributed by atoms with Crippen LogP contribution in [0.1, 0.15) is 28.8 Å². The Balaban J connectivity index is 1.67. The standard InChI is InChI=1S/C18H18F3N3O2/c19-18(20,21)13-5-8-16(23-11-13)26-15-6-3-12(4-7-15)17(25)24-9-1-2-14(24)10-22/h3-8,11,14H,1-2,9-10,22H2. The molecule has 0 radical (unpaired) electrons. The molecule has 1 atom stereocenters. The molecule has 0 aliphatic carbocycles. The summed E-state index contributed by atoms with van der Waals surface area (Å²) in [5, 5.41) is 0. The number of alkyl halides is 3. The summed E-state index contributed by atoms with van der Waals surface area (Å²) in [5.41, 5.74) is 5.37. The summed E-state index contributed by atoms with van der Waals surface area (Å²) in [6.07, 6.45) is -1.88. The van der Waals surface area contributed by atoms with E-state index in [1.807, 2.05) is 0 Å². The van der Waals surface area contributed by atoms with Gasteiger partial charge in [-0.05, 0) is 43.2 Å². The number of likely N-dealkylation sites (tertiary alicyclic amines) is 1. The molecular weight excluding hydrogens is 347 g/mol. The molecule has 1 amide bonds. The fourth-order valence-corrected chi connectivity index (χ4v) is 2.91. The SMILES string of the molecule is NCC1CCCN1C(=O)c1ccc(Oc2ccc(C(F)(F)F)cn2)cc1. The topological polar surface area (TPSA) is 68.5 Å². The first-order valence-corrected chi connectivity index (χ1v) is 8.20. The van der Waals surface area contributed by atoms with E-state index in [0.717, 1.165) is 25.0 Å². The molecule has 138 valence electrons. The number of benzene rings is 1. The molecule has 1 unspecified atom stereocenters. The van der Waals surface area contributed by atoms with Crippen molar-refractivity contribution in [3.8, 4) is 11.6 Å². The summed E-state index contributed by atoms with van der Waals surface area (Å²) in [4.78, 5) is 17.9. The number of nitrogens with two attached hydrogens (primary N) is 1. The third-order valence-electron chi connectivity index (χ3n) is 4.30. The van der Waals surface area contributed by atoms with Crippen molar-refractivity contribution in [1.29, 1.82) is 0 Å². The van der Waals surface area contributed by atoms with Crippen LogP contribution in [0.2, 0.25) is 0 Å². The molecular formula is C18H18F3N3O2. The minimum atomic E-state index is -4.44. The number of carbonyl (C=O) groups excluding carboxylic acids is 1. The molecule has 1 aliphatic heterocycles. The number of rotatable bonds is 4. The number of amides is 1. The molecule has 2 heterocycles. The number of nitrogens with zero attached hydrogens (tertiary/aromatic N) is 2. The van der Waals surface area contributed by atoms with Crippen molar-refractivity contribution in [2.24, 2.45) is 5.73 Å². The zero-order chi connectivity index (χ0) is 18.7. The second-order valence-electron chi connectivity index (χ2n) is 6.04. The Labute approximate surface area is 148 Å². The van der Waals surface area contributed by atoms with Gasteiger partial charge in [-0.3, -0.25) is 4.79 Å². The number of pyridine rings is 1. The predicted molar refractivity (Wildman–Crippen MR) is 88.9 cm³/mol. The second kappa shape index (κ2) is 7.33. The first-order valence-electron chi connectivity index (χ1n) is 8.20. The molecule has 2 aromatic rings. The van der Waals surface area contributed by atoms with E-state index in [-0.39, 0.29) is 17.8 Å². The highest BCUT2D eigenvalue weighted by molar-refractivity contribution is 5.94. The molecule has 5 nitrogen and oxygen atoms in total. The summed E-state index contributed by atoms with van der Waals surface area (Å²) in [7, 11) is 0. The third-order valence-corrected chi connectivity index (χ3v) is 4.30. The van der Waals surface area contributed by atoms with Gasteiger partial charge in [0.15, 0.2) is 0 Å². The van der Waals surface area contributed by atoms with Crippen LogP contribution in [-0.4, -0.2) is 34.9 Å². The van der Waals surface area contributed by atoms with Gasteiger partial charge >= 0.3 is 6.18 Å². The lowest BCUT2D eigenvalue weighted by Crippen LogP contribution is -2.39. The van der Waals surface area contributed by atoms with Gasteiger partial charge in [-0.15, -0.1) is 0 Å². The van der Waals surface area contributed by atoms with E-state index in [4.69, 9.17) is 10.5 Å².